The van der Waals surface area contributed by atoms with Crippen LogP contribution in [0.25, 0.3) is 21.6 Å². The number of benzene rings is 1. The molecule has 1 fully saturated rings. The highest BCUT2D eigenvalue weighted by molar-refractivity contribution is 7.13. The number of imidazole rings is 1. The molecule has 0 unspecified atom stereocenters. The van der Waals surface area contributed by atoms with Crippen molar-refractivity contribution in [3.63, 3.8) is 0 Å². The highest BCUT2D eigenvalue weighted by Gasteiger charge is 2.24. The summed E-state index contributed by atoms with van der Waals surface area (Å²) >= 11 is 1.66. The summed E-state index contributed by atoms with van der Waals surface area (Å²) in [6.45, 7) is 3.80. The van der Waals surface area contributed by atoms with Crippen LogP contribution in [0.2, 0.25) is 0 Å². The molecule has 1 aromatic carbocycles. The minimum absolute atomic E-state index is 0.130. The van der Waals surface area contributed by atoms with Crippen LogP contribution in [0.5, 0.6) is 0 Å². The molecule has 1 aliphatic heterocycles. The molecule has 30 heavy (non-hydrogen) atoms. The summed E-state index contributed by atoms with van der Waals surface area (Å²) < 4.78 is 0. The Hall–Kier alpha value is -3.19. The van der Waals surface area contributed by atoms with Crippen LogP contribution < -0.4 is 10.2 Å². The number of carbonyl (C=O) groups excluding carboxylic acids is 1. The zero-order chi connectivity index (χ0) is 20.5. The van der Waals surface area contributed by atoms with Gasteiger partial charge in [0.25, 0.3) is 5.91 Å². The fourth-order valence-electron chi connectivity index (χ4n) is 3.88. The molecule has 1 amide bonds. The first-order valence-corrected chi connectivity index (χ1v) is 11.1. The molecular formula is C23H23N5OS. The molecule has 1 atom stereocenters. The normalized spacial score (nSPS) is 14.9. The maximum atomic E-state index is 13.2. The van der Waals surface area contributed by atoms with Crippen LogP contribution in [-0.2, 0) is 0 Å². The van der Waals surface area contributed by atoms with Crippen molar-refractivity contribution in [2.24, 2.45) is 0 Å². The van der Waals surface area contributed by atoms with E-state index < -0.39 is 0 Å². The first-order valence-electron chi connectivity index (χ1n) is 10.2. The molecule has 1 aliphatic rings. The highest BCUT2D eigenvalue weighted by Crippen LogP contribution is 2.29. The van der Waals surface area contributed by atoms with Crippen LogP contribution in [-0.4, -0.2) is 33.9 Å². The second kappa shape index (κ2) is 7.91. The van der Waals surface area contributed by atoms with E-state index in [1.54, 1.807) is 11.3 Å². The third-order valence-electron chi connectivity index (χ3n) is 5.46. The Morgan fingerprint density at radius 3 is 2.70 bits per heavy atom. The Morgan fingerprint density at radius 2 is 1.93 bits per heavy atom. The lowest BCUT2D eigenvalue weighted by Gasteiger charge is -2.21. The van der Waals surface area contributed by atoms with Crippen molar-refractivity contribution in [1.29, 1.82) is 0 Å². The number of amides is 1. The van der Waals surface area contributed by atoms with Gasteiger partial charge in [-0.15, -0.1) is 11.3 Å². The Bertz CT molecular complexity index is 1140. The van der Waals surface area contributed by atoms with Gasteiger partial charge < -0.3 is 15.2 Å². The minimum atomic E-state index is -0.242. The van der Waals surface area contributed by atoms with Crippen LogP contribution in [0.1, 0.15) is 42.0 Å². The van der Waals surface area contributed by atoms with Gasteiger partial charge in [0.05, 0.1) is 33.2 Å². The SMILES string of the molecule is C[C@H](NC(=O)c1ccc(-c2cccs2)nc1N1CCCC1)c1nc2ccccc2[nH]1. The molecule has 4 aromatic rings. The first kappa shape index (κ1) is 18.8. The number of anilines is 1. The molecule has 7 heteroatoms. The molecule has 2 N–H and O–H groups in total. The number of aromatic amines is 1. The highest BCUT2D eigenvalue weighted by atomic mass is 32.1. The summed E-state index contributed by atoms with van der Waals surface area (Å²) in [5.74, 6) is 1.39. The summed E-state index contributed by atoms with van der Waals surface area (Å²) in [5.41, 5.74) is 3.38. The summed E-state index contributed by atoms with van der Waals surface area (Å²) in [7, 11) is 0. The minimum Gasteiger partial charge on any atom is -0.356 e. The van der Waals surface area contributed by atoms with Crippen molar-refractivity contribution in [3.05, 3.63) is 65.3 Å². The van der Waals surface area contributed by atoms with Gasteiger partial charge in [-0.05, 0) is 55.5 Å². The Balaban J connectivity index is 1.43. The molecule has 0 spiro atoms. The van der Waals surface area contributed by atoms with Crippen molar-refractivity contribution in [2.75, 3.05) is 18.0 Å². The summed E-state index contributed by atoms with van der Waals surface area (Å²) in [5, 5.41) is 5.14. The number of rotatable bonds is 5. The average Bonchev–Trinajstić information content (AvgIpc) is 3.54. The number of H-pyrrole nitrogens is 1. The predicted molar refractivity (Wildman–Crippen MR) is 121 cm³/mol. The Labute approximate surface area is 179 Å². The zero-order valence-electron chi connectivity index (χ0n) is 16.8. The molecule has 0 saturated carbocycles. The van der Waals surface area contributed by atoms with Gasteiger partial charge in [-0.3, -0.25) is 4.79 Å². The second-order valence-electron chi connectivity index (χ2n) is 7.57. The largest absolute Gasteiger partial charge is 0.356 e. The monoisotopic (exact) mass is 417 g/mol. The van der Waals surface area contributed by atoms with Gasteiger partial charge in [0.2, 0.25) is 0 Å². The number of aromatic nitrogens is 3. The molecule has 5 rings (SSSR count). The molecule has 0 bridgehead atoms. The van der Waals surface area contributed by atoms with Gasteiger partial charge in [0.15, 0.2) is 0 Å². The number of carbonyl (C=O) groups is 1. The maximum absolute atomic E-state index is 13.2. The predicted octanol–water partition coefficient (Wildman–Crippen LogP) is 4.78. The Kier molecular flexibility index (Phi) is 4.96. The Morgan fingerprint density at radius 1 is 1.10 bits per heavy atom. The van der Waals surface area contributed by atoms with Gasteiger partial charge in [0, 0.05) is 13.1 Å². The number of fused-ring (bicyclic) bond motifs is 1. The van der Waals surface area contributed by atoms with Gasteiger partial charge in [-0.1, -0.05) is 18.2 Å². The standard InChI is InChI=1S/C23H23N5OS/c1-15(21-25-17-7-2-3-8-18(17)26-21)24-23(29)16-10-11-19(20-9-6-14-30-20)27-22(16)28-12-4-5-13-28/h2-3,6-11,14-15H,4-5,12-13H2,1H3,(H,24,29)(H,25,26)/t15-/m0/s1. The number of nitrogens with one attached hydrogen (secondary N) is 2. The van der Waals surface area contributed by atoms with E-state index in [4.69, 9.17) is 4.98 Å². The van der Waals surface area contributed by atoms with E-state index in [1.165, 1.54) is 0 Å². The molecule has 1 saturated heterocycles. The third kappa shape index (κ3) is 3.57. The summed E-state index contributed by atoms with van der Waals surface area (Å²) in [4.78, 5) is 29.3. The second-order valence-corrected chi connectivity index (χ2v) is 8.52. The molecule has 4 heterocycles. The van der Waals surface area contributed by atoms with Crippen molar-refractivity contribution in [3.8, 4) is 10.6 Å². The number of hydrogen-bond acceptors (Lipinski definition) is 5. The molecule has 0 radical (unpaired) electrons. The van der Waals surface area contributed by atoms with Crippen LogP contribution in [0, 0.1) is 0 Å². The zero-order valence-corrected chi connectivity index (χ0v) is 17.6. The van der Waals surface area contributed by atoms with Gasteiger partial charge in [-0.25, -0.2) is 9.97 Å². The van der Waals surface area contributed by atoms with Crippen molar-refractivity contribution >= 4 is 34.1 Å². The third-order valence-corrected chi connectivity index (χ3v) is 6.36. The number of hydrogen-bond donors (Lipinski definition) is 2. The molecular weight excluding hydrogens is 394 g/mol. The van der Waals surface area contributed by atoms with E-state index in [1.807, 2.05) is 54.8 Å². The van der Waals surface area contributed by atoms with E-state index in [2.05, 4.69) is 26.3 Å². The van der Waals surface area contributed by atoms with Crippen molar-refractivity contribution < 1.29 is 4.79 Å². The van der Waals surface area contributed by atoms with Crippen LogP contribution in [0.3, 0.4) is 0 Å². The van der Waals surface area contributed by atoms with Crippen LogP contribution in [0.4, 0.5) is 5.82 Å². The van der Waals surface area contributed by atoms with E-state index in [-0.39, 0.29) is 11.9 Å². The number of nitrogens with zero attached hydrogens (tertiary/aromatic N) is 3. The fourth-order valence-corrected chi connectivity index (χ4v) is 4.57. The smallest absolute Gasteiger partial charge is 0.255 e. The summed E-state index contributed by atoms with van der Waals surface area (Å²) in [6, 6.07) is 15.5. The van der Waals surface area contributed by atoms with Gasteiger partial charge >= 0.3 is 0 Å². The lowest BCUT2D eigenvalue weighted by atomic mass is 10.1. The van der Waals surface area contributed by atoms with Gasteiger partial charge in [0.1, 0.15) is 11.6 Å². The molecule has 0 aliphatic carbocycles. The van der Waals surface area contributed by atoms with Crippen molar-refractivity contribution in [1.82, 2.24) is 20.3 Å². The number of thiophene rings is 1. The quantitative estimate of drug-likeness (QED) is 0.490. The van der Waals surface area contributed by atoms with E-state index in [9.17, 15) is 4.79 Å². The lowest BCUT2D eigenvalue weighted by molar-refractivity contribution is 0.0938. The van der Waals surface area contributed by atoms with Crippen molar-refractivity contribution in [2.45, 2.75) is 25.8 Å². The summed E-state index contributed by atoms with van der Waals surface area (Å²) in [6.07, 6.45) is 2.25. The maximum Gasteiger partial charge on any atom is 0.255 e. The lowest BCUT2D eigenvalue weighted by Crippen LogP contribution is -2.30. The molecule has 3 aromatic heterocycles. The number of para-hydroxylation sites is 2. The number of pyridine rings is 1. The topological polar surface area (TPSA) is 73.9 Å². The fraction of sp³-hybridized carbons (Fsp3) is 0.261. The van der Waals surface area contributed by atoms with Crippen LogP contribution in [0.15, 0.2) is 53.9 Å². The van der Waals surface area contributed by atoms with E-state index in [0.717, 1.165) is 59.2 Å². The van der Waals surface area contributed by atoms with E-state index in [0.29, 0.717) is 5.56 Å². The first-order chi connectivity index (χ1) is 14.7. The average molecular weight is 418 g/mol. The van der Waals surface area contributed by atoms with E-state index >= 15 is 0 Å². The molecule has 152 valence electrons. The van der Waals surface area contributed by atoms with Gasteiger partial charge in [-0.2, -0.15) is 0 Å². The molecule has 6 nitrogen and oxygen atoms in total. The van der Waals surface area contributed by atoms with Crippen LogP contribution >= 0.6 is 11.3 Å².